The van der Waals surface area contributed by atoms with Crippen LogP contribution < -0.4 is 5.32 Å². The second-order valence-corrected chi connectivity index (χ2v) is 4.89. The van der Waals surface area contributed by atoms with E-state index >= 15 is 0 Å². The van der Waals surface area contributed by atoms with Crippen molar-refractivity contribution in [3.63, 3.8) is 0 Å². The molecule has 94 valence electrons. The lowest BCUT2D eigenvalue weighted by molar-refractivity contribution is -0.125. The van der Waals surface area contributed by atoms with Gasteiger partial charge in [0.2, 0.25) is 5.91 Å². The number of rotatable bonds is 3. The average Bonchev–Trinajstić information content (AvgIpc) is 3.05. The SMILES string of the molecule is O=C(NCc1ccc2nsnc2c1)[C@H]1CCOC1. The molecule has 1 atom stereocenters. The molecule has 5 nitrogen and oxygen atoms in total. The third-order valence-corrected chi connectivity index (χ3v) is 3.64. The summed E-state index contributed by atoms with van der Waals surface area (Å²) in [5.74, 6) is 0.0821. The summed E-state index contributed by atoms with van der Waals surface area (Å²) in [4.78, 5) is 11.8. The highest BCUT2D eigenvalue weighted by Gasteiger charge is 2.22. The summed E-state index contributed by atoms with van der Waals surface area (Å²) >= 11 is 1.20. The van der Waals surface area contributed by atoms with E-state index in [2.05, 4.69) is 14.1 Å². The summed E-state index contributed by atoms with van der Waals surface area (Å²) < 4.78 is 13.5. The number of aromatic nitrogens is 2. The van der Waals surface area contributed by atoms with Crippen LogP contribution in [-0.4, -0.2) is 27.9 Å². The maximum absolute atomic E-state index is 11.8. The predicted molar refractivity (Wildman–Crippen MR) is 68.2 cm³/mol. The summed E-state index contributed by atoms with van der Waals surface area (Å²) in [6.45, 7) is 1.76. The van der Waals surface area contributed by atoms with Crippen LogP contribution in [0.2, 0.25) is 0 Å². The highest BCUT2D eigenvalue weighted by Crippen LogP contribution is 2.15. The Bertz CT molecular complexity index is 563. The normalized spacial score (nSPS) is 19.2. The zero-order valence-corrected chi connectivity index (χ0v) is 10.6. The van der Waals surface area contributed by atoms with Gasteiger partial charge in [0, 0.05) is 13.2 Å². The van der Waals surface area contributed by atoms with Gasteiger partial charge in [0.15, 0.2) is 0 Å². The molecule has 1 aliphatic heterocycles. The molecule has 1 saturated heterocycles. The van der Waals surface area contributed by atoms with Crippen LogP contribution in [0, 0.1) is 5.92 Å². The lowest BCUT2D eigenvalue weighted by atomic mass is 10.1. The molecule has 0 radical (unpaired) electrons. The van der Waals surface area contributed by atoms with Gasteiger partial charge in [0.05, 0.1) is 24.3 Å². The van der Waals surface area contributed by atoms with Crippen molar-refractivity contribution in [2.75, 3.05) is 13.2 Å². The van der Waals surface area contributed by atoms with Gasteiger partial charge in [0.25, 0.3) is 0 Å². The Hall–Kier alpha value is -1.53. The van der Waals surface area contributed by atoms with Gasteiger partial charge in [-0.2, -0.15) is 8.75 Å². The molecule has 1 aromatic heterocycles. The van der Waals surface area contributed by atoms with E-state index in [0.29, 0.717) is 19.8 Å². The number of hydrogen-bond acceptors (Lipinski definition) is 5. The highest BCUT2D eigenvalue weighted by atomic mass is 32.1. The molecule has 3 rings (SSSR count). The van der Waals surface area contributed by atoms with Crippen LogP contribution in [0.15, 0.2) is 18.2 Å². The molecule has 0 saturated carbocycles. The zero-order chi connectivity index (χ0) is 12.4. The molecule has 1 aliphatic rings. The van der Waals surface area contributed by atoms with E-state index in [1.807, 2.05) is 18.2 Å². The van der Waals surface area contributed by atoms with Crippen molar-refractivity contribution in [2.45, 2.75) is 13.0 Å². The first-order chi connectivity index (χ1) is 8.83. The summed E-state index contributed by atoms with van der Waals surface area (Å²) in [5.41, 5.74) is 2.83. The monoisotopic (exact) mass is 263 g/mol. The number of nitrogens with one attached hydrogen (secondary N) is 1. The van der Waals surface area contributed by atoms with Gasteiger partial charge < -0.3 is 10.1 Å². The Morgan fingerprint density at radius 3 is 3.17 bits per heavy atom. The van der Waals surface area contributed by atoms with Crippen LogP contribution >= 0.6 is 11.7 Å². The van der Waals surface area contributed by atoms with Gasteiger partial charge in [-0.1, -0.05) is 6.07 Å². The molecule has 1 fully saturated rings. The molecule has 2 heterocycles. The number of fused-ring (bicyclic) bond motifs is 1. The van der Waals surface area contributed by atoms with E-state index in [1.165, 1.54) is 11.7 Å². The fourth-order valence-corrected chi connectivity index (χ4v) is 2.53. The van der Waals surface area contributed by atoms with Crippen LogP contribution in [0.5, 0.6) is 0 Å². The molecule has 0 aliphatic carbocycles. The largest absolute Gasteiger partial charge is 0.381 e. The van der Waals surface area contributed by atoms with Crippen molar-refractivity contribution in [1.29, 1.82) is 0 Å². The maximum atomic E-state index is 11.8. The van der Waals surface area contributed by atoms with Crippen LogP contribution in [0.1, 0.15) is 12.0 Å². The Balaban J connectivity index is 1.63. The molecule has 0 unspecified atom stereocenters. The number of ether oxygens (including phenoxy) is 1. The van der Waals surface area contributed by atoms with Crippen molar-refractivity contribution >= 4 is 28.7 Å². The quantitative estimate of drug-likeness (QED) is 0.907. The molecule has 0 spiro atoms. The Morgan fingerprint density at radius 1 is 1.44 bits per heavy atom. The number of benzene rings is 1. The lowest BCUT2D eigenvalue weighted by Gasteiger charge is -2.09. The topological polar surface area (TPSA) is 64.1 Å². The first kappa shape index (κ1) is 11.6. The molecule has 6 heteroatoms. The van der Waals surface area contributed by atoms with Crippen molar-refractivity contribution in [3.8, 4) is 0 Å². The molecule has 18 heavy (non-hydrogen) atoms. The van der Waals surface area contributed by atoms with Gasteiger partial charge in [-0.25, -0.2) is 0 Å². The van der Waals surface area contributed by atoms with E-state index in [0.717, 1.165) is 23.0 Å². The molecule has 1 N–H and O–H groups in total. The third-order valence-electron chi connectivity index (χ3n) is 3.09. The zero-order valence-electron chi connectivity index (χ0n) is 9.76. The first-order valence-corrected chi connectivity index (χ1v) is 6.62. The van der Waals surface area contributed by atoms with E-state index in [9.17, 15) is 4.79 Å². The van der Waals surface area contributed by atoms with Crippen LogP contribution in [0.4, 0.5) is 0 Å². The summed E-state index contributed by atoms with van der Waals surface area (Å²) in [6, 6.07) is 5.86. The number of nitrogens with zero attached hydrogens (tertiary/aromatic N) is 2. The van der Waals surface area contributed by atoms with Gasteiger partial charge in [-0.15, -0.1) is 0 Å². The van der Waals surface area contributed by atoms with Gasteiger partial charge in [-0.05, 0) is 24.1 Å². The molecule has 1 aromatic carbocycles. The summed E-state index contributed by atoms with van der Waals surface area (Å²) in [7, 11) is 0. The average molecular weight is 263 g/mol. The second kappa shape index (κ2) is 4.99. The van der Waals surface area contributed by atoms with Crippen molar-refractivity contribution in [2.24, 2.45) is 5.92 Å². The van der Waals surface area contributed by atoms with Crippen molar-refractivity contribution in [3.05, 3.63) is 23.8 Å². The minimum atomic E-state index is 0.00895. The van der Waals surface area contributed by atoms with Crippen LogP contribution in [0.25, 0.3) is 11.0 Å². The smallest absolute Gasteiger partial charge is 0.225 e. The maximum Gasteiger partial charge on any atom is 0.225 e. The Kier molecular flexibility index (Phi) is 3.21. The van der Waals surface area contributed by atoms with E-state index in [1.54, 1.807) is 0 Å². The Labute approximate surface area is 108 Å². The number of carbonyl (C=O) groups is 1. The Morgan fingerprint density at radius 2 is 2.33 bits per heavy atom. The van der Waals surface area contributed by atoms with Gasteiger partial charge >= 0.3 is 0 Å². The molecule has 2 aromatic rings. The molecule has 1 amide bonds. The summed E-state index contributed by atoms with van der Waals surface area (Å²) in [5, 5.41) is 2.93. The second-order valence-electron chi connectivity index (χ2n) is 4.37. The first-order valence-electron chi connectivity index (χ1n) is 5.89. The van der Waals surface area contributed by atoms with Crippen molar-refractivity contribution < 1.29 is 9.53 Å². The van der Waals surface area contributed by atoms with Gasteiger partial charge in [-0.3, -0.25) is 4.79 Å². The van der Waals surface area contributed by atoms with E-state index < -0.39 is 0 Å². The van der Waals surface area contributed by atoms with E-state index in [-0.39, 0.29) is 11.8 Å². The molecule has 0 bridgehead atoms. The van der Waals surface area contributed by atoms with E-state index in [4.69, 9.17) is 4.74 Å². The van der Waals surface area contributed by atoms with Gasteiger partial charge in [0.1, 0.15) is 11.0 Å². The van der Waals surface area contributed by atoms with Crippen LogP contribution in [-0.2, 0) is 16.1 Å². The van der Waals surface area contributed by atoms with Crippen molar-refractivity contribution in [1.82, 2.24) is 14.1 Å². The minimum absolute atomic E-state index is 0.00895. The fraction of sp³-hybridized carbons (Fsp3) is 0.417. The highest BCUT2D eigenvalue weighted by molar-refractivity contribution is 7.00. The van der Waals surface area contributed by atoms with Crippen LogP contribution in [0.3, 0.4) is 0 Å². The summed E-state index contributed by atoms with van der Waals surface area (Å²) in [6.07, 6.45) is 0.820. The minimum Gasteiger partial charge on any atom is -0.381 e. The number of amides is 1. The number of hydrogen-bond donors (Lipinski definition) is 1. The molecular formula is C12H13N3O2S. The lowest BCUT2D eigenvalue weighted by Crippen LogP contribution is -2.30. The third kappa shape index (κ3) is 2.34. The molecular weight excluding hydrogens is 250 g/mol. The number of carbonyl (C=O) groups excluding carboxylic acids is 1. The standard InChI is InChI=1S/C12H13N3O2S/c16-12(9-3-4-17-7-9)13-6-8-1-2-10-11(5-8)15-18-14-10/h1-2,5,9H,3-4,6-7H2,(H,13,16)/t9-/m0/s1. The fourth-order valence-electron chi connectivity index (χ4n) is 2.01. The predicted octanol–water partition coefficient (Wildman–Crippen LogP) is 1.34.